The largest absolute Gasteiger partial charge is 0.484 e. The number of hydrazone groups is 1. The average Bonchev–Trinajstić information content (AvgIpc) is 2.72. The van der Waals surface area contributed by atoms with Crippen molar-refractivity contribution in [3.05, 3.63) is 58.1 Å². The minimum absolute atomic E-state index is 0.0309. The van der Waals surface area contributed by atoms with E-state index in [1.165, 1.54) is 24.4 Å². The summed E-state index contributed by atoms with van der Waals surface area (Å²) in [6, 6.07) is 11.0. The van der Waals surface area contributed by atoms with Crippen LogP contribution in [0.15, 0.2) is 47.6 Å². The number of rotatable bonds is 10. The van der Waals surface area contributed by atoms with Crippen LogP contribution >= 0.6 is 23.2 Å². The molecule has 0 aromatic heterocycles. The molecule has 0 aliphatic carbocycles. The van der Waals surface area contributed by atoms with Gasteiger partial charge in [0, 0.05) is 6.04 Å². The Kier molecular flexibility index (Phi) is 9.51. The van der Waals surface area contributed by atoms with Crippen LogP contribution in [0.1, 0.15) is 19.4 Å². The first-order valence-electron chi connectivity index (χ1n) is 9.72. The highest BCUT2D eigenvalue weighted by Crippen LogP contribution is 2.28. The number of hydrogen-bond acceptors (Lipinski definition) is 6. The second-order valence-electron chi connectivity index (χ2n) is 7.24. The maximum atomic E-state index is 12.2. The zero-order valence-electron chi connectivity index (χ0n) is 18.2. The van der Waals surface area contributed by atoms with Gasteiger partial charge >= 0.3 is 0 Å². The number of nitrogens with one attached hydrogen (secondary N) is 2. The van der Waals surface area contributed by atoms with Gasteiger partial charge in [0.2, 0.25) is 10.0 Å². The Morgan fingerprint density at radius 3 is 2.33 bits per heavy atom. The molecule has 0 saturated carbocycles. The summed E-state index contributed by atoms with van der Waals surface area (Å²) in [6.07, 6.45) is 2.36. The fourth-order valence-corrected chi connectivity index (χ4v) is 3.69. The zero-order chi connectivity index (χ0) is 24.6. The lowest BCUT2D eigenvalue weighted by Crippen LogP contribution is -2.39. The number of nitrogens with zero attached hydrogens (tertiary/aromatic N) is 2. The van der Waals surface area contributed by atoms with Crippen molar-refractivity contribution in [1.29, 1.82) is 0 Å². The fraction of sp³-hybridized carbons (Fsp3) is 0.286. The normalized spacial score (nSPS) is 11.5. The van der Waals surface area contributed by atoms with Crippen LogP contribution in [0.25, 0.3) is 0 Å². The third-order valence-corrected chi connectivity index (χ3v) is 5.86. The average molecular weight is 515 g/mol. The van der Waals surface area contributed by atoms with Crippen molar-refractivity contribution in [2.45, 2.75) is 19.9 Å². The number of sulfonamides is 1. The van der Waals surface area contributed by atoms with Gasteiger partial charge in [-0.25, -0.2) is 13.8 Å². The number of benzene rings is 2. The van der Waals surface area contributed by atoms with E-state index in [0.717, 1.165) is 10.6 Å². The van der Waals surface area contributed by atoms with Crippen molar-refractivity contribution in [3.63, 3.8) is 0 Å². The summed E-state index contributed by atoms with van der Waals surface area (Å²) in [7, 11) is -3.77. The molecule has 12 heteroatoms. The Hall–Kier alpha value is -2.82. The Bertz CT molecular complexity index is 1120. The molecule has 0 spiro atoms. The fourth-order valence-electron chi connectivity index (χ4n) is 2.55. The van der Waals surface area contributed by atoms with Crippen LogP contribution in [-0.2, 0) is 19.6 Å². The molecule has 2 N–H and O–H groups in total. The van der Waals surface area contributed by atoms with Crippen molar-refractivity contribution in [2.75, 3.05) is 23.7 Å². The second kappa shape index (κ2) is 11.9. The van der Waals surface area contributed by atoms with Gasteiger partial charge in [0.1, 0.15) is 12.3 Å². The van der Waals surface area contributed by atoms with Crippen molar-refractivity contribution < 1.29 is 22.7 Å². The Morgan fingerprint density at radius 1 is 1.09 bits per heavy atom. The van der Waals surface area contributed by atoms with E-state index in [1.807, 2.05) is 13.8 Å². The minimum atomic E-state index is -3.77. The maximum Gasteiger partial charge on any atom is 0.260 e. The van der Waals surface area contributed by atoms with E-state index in [1.54, 1.807) is 24.3 Å². The zero-order valence-corrected chi connectivity index (χ0v) is 20.5. The van der Waals surface area contributed by atoms with E-state index in [0.29, 0.717) is 11.3 Å². The third-order valence-electron chi connectivity index (χ3n) is 3.98. The number of carbonyl (C=O) groups is 2. The molecule has 2 rings (SSSR count). The van der Waals surface area contributed by atoms with Gasteiger partial charge in [-0.05, 0) is 61.9 Å². The molecule has 0 radical (unpaired) electrons. The molecule has 0 saturated heterocycles. The highest BCUT2D eigenvalue weighted by Gasteiger charge is 2.21. The van der Waals surface area contributed by atoms with Gasteiger partial charge in [0.25, 0.3) is 11.8 Å². The Morgan fingerprint density at radius 2 is 1.76 bits per heavy atom. The van der Waals surface area contributed by atoms with E-state index in [-0.39, 0.29) is 34.3 Å². The summed E-state index contributed by atoms with van der Waals surface area (Å²) in [6.45, 7) is 3.12. The van der Waals surface area contributed by atoms with Crippen molar-refractivity contribution in [3.8, 4) is 5.75 Å². The highest BCUT2D eigenvalue weighted by atomic mass is 35.5. The van der Waals surface area contributed by atoms with Gasteiger partial charge in [-0.15, -0.1) is 0 Å². The summed E-state index contributed by atoms with van der Waals surface area (Å²) in [5, 5.41) is 6.99. The molecule has 0 atom stereocenters. The van der Waals surface area contributed by atoms with E-state index in [9.17, 15) is 18.0 Å². The number of amides is 2. The van der Waals surface area contributed by atoms with Crippen LogP contribution in [0.5, 0.6) is 5.75 Å². The molecule has 0 aliphatic rings. The lowest BCUT2D eigenvalue weighted by atomic mass is 10.2. The Labute approximate surface area is 202 Å². The predicted molar refractivity (Wildman–Crippen MR) is 130 cm³/mol. The molecule has 0 bridgehead atoms. The first-order valence-corrected chi connectivity index (χ1v) is 12.3. The van der Waals surface area contributed by atoms with E-state index in [4.69, 9.17) is 27.9 Å². The van der Waals surface area contributed by atoms with E-state index >= 15 is 0 Å². The summed E-state index contributed by atoms with van der Waals surface area (Å²) >= 11 is 11.8. The highest BCUT2D eigenvalue weighted by molar-refractivity contribution is 7.92. The van der Waals surface area contributed by atoms with Crippen LogP contribution in [0.2, 0.25) is 10.0 Å². The molecule has 178 valence electrons. The molecule has 0 aliphatic heterocycles. The van der Waals surface area contributed by atoms with Crippen LogP contribution < -0.4 is 19.8 Å². The van der Waals surface area contributed by atoms with Crippen molar-refractivity contribution >= 4 is 56.9 Å². The number of halogens is 2. The van der Waals surface area contributed by atoms with Gasteiger partial charge in [-0.3, -0.25) is 13.9 Å². The monoisotopic (exact) mass is 514 g/mol. The van der Waals surface area contributed by atoms with Gasteiger partial charge in [-0.2, -0.15) is 5.10 Å². The summed E-state index contributed by atoms with van der Waals surface area (Å²) in [4.78, 5) is 23.9. The summed E-state index contributed by atoms with van der Waals surface area (Å²) < 4.78 is 30.6. The Balaban J connectivity index is 1.93. The van der Waals surface area contributed by atoms with Gasteiger partial charge < -0.3 is 10.1 Å². The molecule has 2 aromatic rings. The van der Waals surface area contributed by atoms with Crippen molar-refractivity contribution in [2.24, 2.45) is 5.10 Å². The van der Waals surface area contributed by atoms with Gasteiger partial charge in [-0.1, -0.05) is 23.2 Å². The SMILES string of the molecule is CC(C)NC(=O)COc1ccc(/C=N\NC(=O)CN(c2ccc(Cl)c(Cl)c2)S(C)(=O)=O)cc1. The van der Waals surface area contributed by atoms with E-state index < -0.39 is 22.5 Å². The van der Waals surface area contributed by atoms with Crippen LogP contribution in [0.4, 0.5) is 5.69 Å². The number of anilines is 1. The molecule has 0 unspecified atom stereocenters. The van der Waals surface area contributed by atoms with Gasteiger partial charge in [0.05, 0.1) is 28.2 Å². The topological polar surface area (TPSA) is 117 Å². The lowest BCUT2D eigenvalue weighted by Gasteiger charge is -2.21. The molecular weight excluding hydrogens is 491 g/mol. The molecule has 0 heterocycles. The van der Waals surface area contributed by atoms with E-state index in [2.05, 4.69) is 15.8 Å². The van der Waals surface area contributed by atoms with Crippen LogP contribution in [0.3, 0.4) is 0 Å². The molecule has 2 amide bonds. The maximum absolute atomic E-state index is 12.2. The first kappa shape index (κ1) is 26.4. The predicted octanol–water partition coefficient (Wildman–Crippen LogP) is 2.81. The molecule has 9 nitrogen and oxygen atoms in total. The van der Waals surface area contributed by atoms with Crippen LogP contribution in [-0.4, -0.2) is 51.9 Å². The number of carbonyl (C=O) groups excluding carboxylic acids is 2. The molecule has 0 fully saturated rings. The van der Waals surface area contributed by atoms with Gasteiger partial charge in [0.15, 0.2) is 6.61 Å². The second-order valence-corrected chi connectivity index (χ2v) is 9.96. The van der Waals surface area contributed by atoms with Crippen molar-refractivity contribution in [1.82, 2.24) is 10.7 Å². The van der Waals surface area contributed by atoms with Crippen LogP contribution in [0, 0.1) is 0 Å². The lowest BCUT2D eigenvalue weighted by molar-refractivity contribution is -0.123. The third kappa shape index (κ3) is 8.91. The molecule has 2 aromatic carbocycles. The first-order chi connectivity index (χ1) is 15.5. The summed E-state index contributed by atoms with van der Waals surface area (Å²) in [5.74, 6) is -0.373. The number of hydrogen-bond donors (Lipinski definition) is 2. The standard InChI is InChI=1S/C21H24Cl2N4O5S/c1-14(2)25-21(29)13-32-17-7-4-15(5-8-17)11-24-26-20(28)12-27(33(3,30)31)16-6-9-18(22)19(23)10-16/h4-11,14H,12-13H2,1-3H3,(H,25,29)(H,26,28)/b24-11-. The quantitative estimate of drug-likeness (QED) is 0.373. The summed E-state index contributed by atoms with van der Waals surface area (Å²) in [5.41, 5.74) is 3.13. The minimum Gasteiger partial charge on any atom is -0.484 e. The molecular formula is C21H24Cl2N4O5S. The smallest absolute Gasteiger partial charge is 0.260 e. The number of ether oxygens (including phenoxy) is 1. The molecule has 33 heavy (non-hydrogen) atoms.